The number of rotatable bonds is 4. The Morgan fingerprint density at radius 1 is 1.28 bits per heavy atom. The van der Waals surface area contributed by atoms with Crippen molar-refractivity contribution in [3.63, 3.8) is 0 Å². The van der Waals surface area contributed by atoms with Crippen LogP contribution in [0.1, 0.15) is 19.3 Å². The van der Waals surface area contributed by atoms with Crippen LogP contribution in [0.3, 0.4) is 0 Å². The summed E-state index contributed by atoms with van der Waals surface area (Å²) >= 11 is 7.33. The van der Waals surface area contributed by atoms with Gasteiger partial charge in [-0.2, -0.15) is 0 Å². The number of cyclic esters (lactones) is 1. The zero-order valence-corrected chi connectivity index (χ0v) is 15.0. The number of hydrogen-bond donors (Lipinski definition) is 0. The Morgan fingerprint density at radius 2 is 2.16 bits per heavy atom. The van der Waals surface area contributed by atoms with E-state index in [0.29, 0.717) is 47.3 Å². The highest BCUT2D eigenvalue weighted by molar-refractivity contribution is 8.00. The van der Waals surface area contributed by atoms with E-state index in [4.69, 9.17) is 21.1 Å². The third-order valence-corrected chi connectivity index (χ3v) is 5.90. The number of benzene rings is 1. The van der Waals surface area contributed by atoms with Crippen molar-refractivity contribution in [1.82, 2.24) is 9.55 Å². The van der Waals surface area contributed by atoms with Gasteiger partial charge in [0.2, 0.25) is 0 Å². The van der Waals surface area contributed by atoms with Crippen LogP contribution in [0.5, 0.6) is 0 Å². The van der Waals surface area contributed by atoms with E-state index in [1.54, 1.807) is 22.8 Å². The van der Waals surface area contributed by atoms with E-state index in [-0.39, 0.29) is 22.9 Å². The van der Waals surface area contributed by atoms with Crippen LogP contribution < -0.4 is 5.56 Å². The van der Waals surface area contributed by atoms with E-state index in [1.807, 2.05) is 0 Å². The lowest BCUT2D eigenvalue weighted by molar-refractivity contribution is -0.137. The minimum absolute atomic E-state index is 0.000806. The third kappa shape index (κ3) is 3.41. The largest absolute Gasteiger partial charge is 0.465 e. The molecule has 2 fully saturated rings. The van der Waals surface area contributed by atoms with E-state index in [1.165, 1.54) is 11.8 Å². The number of carbonyl (C=O) groups excluding carboxylic acids is 1. The number of aromatic nitrogens is 2. The van der Waals surface area contributed by atoms with Gasteiger partial charge in [0, 0.05) is 18.1 Å². The SMILES string of the molecule is O=C1OCC[C@H]1Sc1nc2cc(Cl)ccc2c(=O)n1C[C@H]1CCCO1. The molecule has 0 saturated carbocycles. The van der Waals surface area contributed by atoms with E-state index < -0.39 is 0 Å². The highest BCUT2D eigenvalue weighted by Crippen LogP contribution is 2.30. The summed E-state index contributed by atoms with van der Waals surface area (Å²) in [5.74, 6) is -0.255. The molecule has 0 spiro atoms. The number of hydrogen-bond acceptors (Lipinski definition) is 6. The van der Waals surface area contributed by atoms with Crippen LogP contribution in [-0.4, -0.2) is 40.1 Å². The Balaban J connectivity index is 1.78. The Kier molecular flexibility index (Phi) is 4.71. The number of thioether (sulfide) groups is 1. The molecule has 0 radical (unpaired) electrons. The summed E-state index contributed by atoms with van der Waals surface area (Å²) in [7, 11) is 0. The Bertz CT molecular complexity index is 879. The van der Waals surface area contributed by atoms with Crippen molar-refractivity contribution in [1.29, 1.82) is 0 Å². The number of carbonyl (C=O) groups is 1. The van der Waals surface area contributed by atoms with E-state index in [2.05, 4.69) is 4.98 Å². The van der Waals surface area contributed by atoms with Crippen LogP contribution >= 0.6 is 23.4 Å². The standard InChI is InChI=1S/C17H17ClN2O4S/c18-10-3-4-12-13(8-10)19-17(25-14-5-7-24-16(14)22)20(15(12)21)9-11-2-1-6-23-11/h3-4,8,11,14H,1-2,5-7,9H2/t11-,14-/m1/s1. The van der Waals surface area contributed by atoms with Crippen LogP contribution in [0.4, 0.5) is 0 Å². The first-order valence-corrected chi connectivity index (χ1v) is 9.52. The third-order valence-electron chi connectivity index (χ3n) is 4.43. The van der Waals surface area contributed by atoms with Crippen molar-refractivity contribution >= 4 is 40.2 Å². The van der Waals surface area contributed by atoms with Gasteiger partial charge in [0.15, 0.2) is 5.16 Å². The summed E-state index contributed by atoms with van der Waals surface area (Å²) in [6, 6.07) is 5.05. The molecule has 0 bridgehead atoms. The second-order valence-corrected chi connectivity index (χ2v) is 7.78. The molecule has 25 heavy (non-hydrogen) atoms. The summed E-state index contributed by atoms with van der Waals surface area (Å²) < 4.78 is 12.3. The molecular formula is C17H17ClN2O4S. The van der Waals surface area contributed by atoms with Gasteiger partial charge >= 0.3 is 5.97 Å². The maximum Gasteiger partial charge on any atom is 0.319 e. The van der Waals surface area contributed by atoms with Gasteiger partial charge in [0.05, 0.1) is 30.2 Å². The summed E-state index contributed by atoms with van der Waals surface area (Å²) in [6.45, 7) is 1.56. The molecule has 2 aliphatic rings. The number of fused-ring (bicyclic) bond motifs is 1. The topological polar surface area (TPSA) is 70.4 Å². The molecule has 1 aromatic carbocycles. The lowest BCUT2D eigenvalue weighted by Gasteiger charge is -2.17. The summed E-state index contributed by atoms with van der Waals surface area (Å²) in [4.78, 5) is 29.4. The van der Waals surface area contributed by atoms with Crippen molar-refractivity contribution in [2.24, 2.45) is 0 Å². The number of ether oxygens (including phenoxy) is 2. The number of esters is 1. The minimum atomic E-state index is -0.334. The van der Waals surface area contributed by atoms with Crippen molar-refractivity contribution in [3.8, 4) is 0 Å². The van der Waals surface area contributed by atoms with Crippen LogP contribution in [0.25, 0.3) is 10.9 Å². The first-order chi connectivity index (χ1) is 12.1. The Hall–Kier alpha value is -1.57. The van der Waals surface area contributed by atoms with Crippen molar-refractivity contribution in [3.05, 3.63) is 33.6 Å². The molecule has 6 nitrogen and oxygen atoms in total. The molecule has 2 aliphatic heterocycles. The van der Waals surface area contributed by atoms with Crippen LogP contribution in [0, 0.1) is 0 Å². The molecule has 4 rings (SSSR count). The molecule has 0 aliphatic carbocycles. The minimum Gasteiger partial charge on any atom is -0.465 e. The predicted molar refractivity (Wildman–Crippen MR) is 95.2 cm³/mol. The van der Waals surface area contributed by atoms with Gasteiger partial charge in [-0.05, 0) is 31.0 Å². The average Bonchev–Trinajstić information content (AvgIpc) is 3.23. The molecule has 2 saturated heterocycles. The van der Waals surface area contributed by atoms with Gasteiger partial charge < -0.3 is 9.47 Å². The summed E-state index contributed by atoms with van der Waals surface area (Å²) in [5.41, 5.74) is 0.404. The lowest BCUT2D eigenvalue weighted by atomic mass is 10.2. The van der Waals surface area contributed by atoms with Gasteiger partial charge in [-0.15, -0.1) is 0 Å². The summed E-state index contributed by atoms with van der Waals surface area (Å²) in [6.07, 6.45) is 2.53. The monoisotopic (exact) mass is 380 g/mol. The van der Waals surface area contributed by atoms with E-state index in [0.717, 1.165) is 12.8 Å². The van der Waals surface area contributed by atoms with E-state index >= 15 is 0 Å². The van der Waals surface area contributed by atoms with Gasteiger partial charge in [0.25, 0.3) is 5.56 Å². The second kappa shape index (κ2) is 6.97. The zero-order chi connectivity index (χ0) is 17.4. The zero-order valence-electron chi connectivity index (χ0n) is 13.4. The molecule has 0 unspecified atom stereocenters. The smallest absolute Gasteiger partial charge is 0.319 e. The maximum atomic E-state index is 13.0. The molecular weight excluding hydrogens is 364 g/mol. The van der Waals surface area contributed by atoms with Gasteiger partial charge in [-0.25, -0.2) is 4.98 Å². The molecule has 0 amide bonds. The van der Waals surface area contributed by atoms with Crippen LogP contribution in [0.2, 0.25) is 5.02 Å². The quantitative estimate of drug-likeness (QED) is 0.600. The Labute approximate surface area is 153 Å². The fourth-order valence-electron chi connectivity index (χ4n) is 3.13. The van der Waals surface area contributed by atoms with Crippen molar-refractivity contribution in [2.75, 3.05) is 13.2 Å². The fourth-order valence-corrected chi connectivity index (χ4v) is 4.36. The molecule has 2 aromatic rings. The predicted octanol–water partition coefficient (Wildman–Crippen LogP) is 2.64. The highest BCUT2D eigenvalue weighted by atomic mass is 35.5. The van der Waals surface area contributed by atoms with Gasteiger partial charge in [0.1, 0.15) is 5.25 Å². The van der Waals surface area contributed by atoms with Crippen LogP contribution in [-0.2, 0) is 20.8 Å². The number of halogens is 1. The molecule has 3 heterocycles. The molecule has 132 valence electrons. The lowest BCUT2D eigenvalue weighted by Crippen LogP contribution is -2.29. The molecule has 0 N–H and O–H groups in total. The normalized spacial score (nSPS) is 23.3. The van der Waals surface area contributed by atoms with E-state index in [9.17, 15) is 9.59 Å². The van der Waals surface area contributed by atoms with Crippen LogP contribution in [0.15, 0.2) is 28.2 Å². The first kappa shape index (κ1) is 16.9. The first-order valence-electron chi connectivity index (χ1n) is 8.27. The second-order valence-electron chi connectivity index (χ2n) is 6.17. The highest BCUT2D eigenvalue weighted by Gasteiger charge is 2.30. The van der Waals surface area contributed by atoms with Crippen molar-refractivity contribution < 1.29 is 14.3 Å². The maximum absolute atomic E-state index is 13.0. The van der Waals surface area contributed by atoms with Crippen molar-refractivity contribution in [2.45, 2.75) is 42.3 Å². The van der Waals surface area contributed by atoms with Gasteiger partial charge in [-0.1, -0.05) is 23.4 Å². The van der Waals surface area contributed by atoms with Gasteiger partial charge in [-0.3, -0.25) is 14.2 Å². The molecule has 8 heteroatoms. The molecule has 2 atom stereocenters. The number of nitrogens with zero attached hydrogens (tertiary/aromatic N) is 2. The Morgan fingerprint density at radius 3 is 2.88 bits per heavy atom. The molecule has 1 aromatic heterocycles. The summed E-state index contributed by atoms with van der Waals surface area (Å²) in [5, 5.41) is 1.21. The average molecular weight is 381 g/mol. The fraction of sp³-hybridized carbons (Fsp3) is 0.471.